The van der Waals surface area contributed by atoms with Crippen molar-refractivity contribution in [2.75, 3.05) is 36.0 Å². The Morgan fingerprint density at radius 1 is 0.958 bits per heavy atom. The highest BCUT2D eigenvalue weighted by Crippen LogP contribution is 2.27. The lowest BCUT2D eigenvalue weighted by Gasteiger charge is -2.25. The Labute approximate surface area is 141 Å². The summed E-state index contributed by atoms with van der Waals surface area (Å²) in [7, 11) is 0. The van der Waals surface area contributed by atoms with Crippen molar-refractivity contribution >= 4 is 22.6 Å². The molecule has 1 aliphatic heterocycles. The summed E-state index contributed by atoms with van der Waals surface area (Å²) in [6.07, 6.45) is 2.65. The molecular formula is C18H21N5O. The van der Waals surface area contributed by atoms with Crippen LogP contribution in [0, 0.1) is 13.8 Å². The number of anilines is 2. The lowest BCUT2D eigenvalue weighted by molar-refractivity contribution is 0.442. The molecule has 1 aliphatic rings. The third-order valence-corrected chi connectivity index (χ3v) is 4.67. The van der Waals surface area contributed by atoms with Gasteiger partial charge in [0.1, 0.15) is 17.5 Å². The quantitative estimate of drug-likeness (QED) is 0.723. The van der Waals surface area contributed by atoms with E-state index in [1.54, 1.807) is 6.33 Å². The van der Waals surface area contributed by atoms with Crippen LogP contribution >= 0.6 is 0 Å². The average molecular weight is 323 g/mol. The molecule has 3 aromatic rings. The van der Waals surface area contributed by atoms with Gasteiger partial charge in [-0.2, -0.15) is 4.98 Å². The molecule has 0 spiro atoms. The lowest BCUT2D eigenvalue weighted by atomic mass is 10.2. The highest BCUT2D eigenvalue weighted by Gasteiger charge is 2.21. The smallest absolute Gasteiger partial charge is 0.263 e. The predicted molar refractivity (Wildman–Crippen MR) is 94.6 cm³/mol. The first-order chi connectivity index (χ1) is 11.7. The highest BCUT2D eigenvalue weighted by atomic mass is 16.5. The molecule has 1 fully saturated rings. The van der Waals surface area contributed by atoms with E-state index in [0.29, 0.717) is 5.71 Å². The number of nitrogens with zero attached hydrogens (tertiary/aromatic N) is 5. The zero-order chi connectivity index (χ0) is 16.5. The fourth-order valence-electron chi connectivity index (χ4n) is 3.43. The molecule has 1 saturated heterocycles. The minimum Gasteiger partial charge on any atom is -0.369 e. The van der Waals surface area contributed by atoms with Crippen molar-refractivity contribution < 1.29 is 4.52 Å². The third kappa shape index (κ3) is 2.58. The molecule has 0 radical (unpaired) electrons. The van der Waals surface area contributed by atoms with Crippen molar-refractivity contribution in [3.05, 3.63) is 41.9 Å². The van der Waals surface area contributed by atoms with Crippen LogP contribution in [0.3, 0.4) is 0 Å². The first-order valence-electron chi connectivity index (χ1n) is 8.36. The van der Waals surface area contributed by atoms with Crippen molar-refractivity contribution in [1.82, 2.24) is 15.1 Å². The molecule has 6 nitrogen and oxygen atoms in total. The minimum atomic E-state index is 0.567. The van der Waals surface area contributed by atoms with Crippen LogP contribution in [-0.2, 0) is 0 Å². The van der Waals surface area contributed by atoms with Gasteiger partial charge < -0.3 is 14.3 Å². The zero-order valence-corrected chi connectivity index (χ0v) is 14.1. The van der Waals surface area contributed by atoms with Crippen LogP contribution in [0.5, 0.6) is 0 Å². The number of aromatic nitrogens is 3. The second-order valence-corrected chi connectivity index (χ2v) is 6.26. The summed E-state index contributed by atoms with van der Waals surface area (Å²) in [5, 5.41) is 4.97. The van der Waals surface area contributed by atoms with E-state index in [9.17, 15) is 0 Å². The molecule has 0 aliphatic carbocycles. The molecule has 0 bridgehead atoms. The molecule has 3 heterocycles. The average Bonchev–Trinajstić information content (AvgIpc) is 2.83. The molecule has 2 aromatic heterocycles. The monoisotopic (exact) mass is 323 g/mol. The summed E-state index contributed by atoms with van der Waals surface area (Å²) in [5.74, 6) is 0.936. The van der Waals surface area contributed by atoms with E-state index in [1.807, 2.05) is 6.92 Å². The maximum atomic E-state index is 5.28. The number of fused-ring (bicyclic) bond motifs is 1. The minimum absolute atomic E-state index is 0.567. The maximum absolute atomic E-state index is 5.28. The molecule has 0 saturated carbocycles. The predicted octanol–water partition coefficient (Wildman–Crippen LogP) is 2.95. The van der Waals surface area contributed by atoms with Gasteiger partial charge in [0.05, 0.1) is 5.69 Å². The Balaban J connectivity index is 1.61. The topological polar surface area (TPSA) is 58.3 Å². The lowest BCUT2D eigenvalue weighted by Crippen LogP contribution is -2.31. The summed E-state index contributed by atoms with van der Waals surface area (Å²) in [4.78, 5) is 13.5. The number of hydrogen-bond acceptors (Lipinski definition) is 6. The molecule has 24 heavy (non-hydrogen) atoms. The van der Waals surface area contributed by atoms with E-state index in [4.69, 9.17) is 4.52 Å². The Morgan fingerprint density at radius 3 is 2.62 bits per heavy atom. The van der Waals surface area contributed by atoms with Gasteiger partial charge in [0.2, 0.25) is 0 Å². The second kappa shape index (κ2) is 6.11. The number of benzene rings is 1. The third-order valence-electron chi connectivity index (χ3n) is 4.67. The standard InChI is InChI=1S/C18H21N5O/c1-13-6-3-4-7-15(13)22-8-5-9-23(11-10-22)17-16-14(2)21-24-18(16)20-12-19-17/h3-4,6-7,12H,5,8-11H2,1-2H3. The van der Waals surface area contributed by atoms with E-state index in [0.717, 1.165) is 49.5 Å². The van der Waals surface area contributed by atoms with Gasteiger partial charge in [0, 0.05) is 31.9 Å². The van der Waals surface area contributed by atoms with Gasteiger partial charge in [-0.1, -0.05) is 23.4 Å². The first kappa shape index (κ1) is 14.9. The Hall–Kier alpha value is -2.63. The summed E-state index contributed by atoms with van der Waals surface area (Å²) >= 11 is 0. The van der Waals surface area contributed by atoms with Crippen molar-refractivity contribution in [2.45, 2.75) is 20.3 Å². The molecule has 0 amide bonds. The number of rotatable bonds is 2. The van der Waals surface area contributed by atoms with Crippen LogP contribution in [0.15, 0.2) is 35.1 Å². The fraction of sp³-hybridized carbons (Fsp3) is 0.389. The SMILES string of the molecule is Cc1ccccc1N1CCCN(c2ncnc3onc(C)c23)CC1. The van der Waals surface area contributed by atoms with Gasteiger partial charge in [-0.15, -0.1) is 0 Å². The molecular weight excluding hydrogens is 302 g/mol. The highest BCUT2D eigenvalue weighted by molar-refractivity contribution is 5.87. The second-order valence-electron chi connectivity index (χ2n) is 6.26. The van der Waals surface area contributed by atoms with Crippen LogP contribution in [0.1, 0.15) is 17.7 Å². The number of para-hydroxylation sites is 1. The summed E-state index contributed by atoms with van der Waals surface area (Å²) in [6, 6.07) is 8.58. The number of aryl methyl sites for hydroxylation is 2. The van der Waals surface area contributed by atoms with Crippen molar-refractivity contribution in [2.24, 2.45) is 0 Å². The zero-order valence-electron chi connectivity index (χ0n) is 14.1. The van der Waals surface area contributed by atoms with Crippen LogP contribution in [0.2, 0.25) is 0 Å². The van der Waals surface area contributed by atoms with E-state index < -0.39 is 0 Å². The molecule has 0 atom stereocenters. The van der Waals surface area contributed by atoms with Gasteiger partial charge in [-0.3, -0.25) is 0 Å². The molecule has 6 heteroatoms. The summed E-state index contributed by atoms with van der Waals surface area (Å²) in [6.45, 7) is 8.03. The summed E-state index contributed by atoms with van der Waals surface area (Å²) < 4.78 is 5.28. The molecule has 124 valence electrons. The Kier molecular flexibility index (Phi) is 3.80. The molecule has 0 unspecified atom stereocenters. The van der Waals surface area contributed by atoms with Crippen LogP contribution < -0.4 is 9.80 Å². The first-order valence-corrected chi connectivity index (χ1v) is 8.36. The van der Waals surface area contributed by atoms with E-state index in [-0.39, 0.29) is 0 Å². The van der Waals surface area contributed by atoms with Crippen molar-refractivity contribution in [1.29, 1.82) is 0 Å². The van der Waals surface area contributed by atoms with Gasteiger partial charge in [-0.25, -0.2) is 4.98 Å². The molecule has 1 aromatic carbocycles. The van der Waals surface area contributed by atoms with Crippen molar-refractivity contribution in [3.8, 4) is 0 Å². The van der Waals surface area contributed by atoms with E-state index in [1.165, 1.54) is 11.3 Å². The largest absolute Gasteiger partial charge is 0.369 e. The van der Waals surface area contributed by atoms with E-state index >= 15 is 0 Å². The van der Waals surface area contributed by atoms with E-state index in [2.05, 4.69) is 56.1 Å². The van der Waals surface area contributed by atoms with Crippen LogP contribution in [0.4, 0.5) is 11.5 Å². The molecule has 0 N–H and O–H groups in total. The van der Waals surface area contributed by atoms with Gasteiger partial charge >= 0.3 is 0 Å². The van der Waals surface area contributed by atoms with Gasteiger partial charge in [-0.05, 0) is 31.9 Å². The molecule has 4 rings (SSSR count). The Morgan fingerprint density at radius 2 is 1.75 bits per heavy atom. The van der Waals surface area contributed by atoms with Crippen LogP contribution in [-0.4, -0.2) is 41.3 Å². The van der Waals surface area contributed by atoms with Crippen molar-refractivity contribution in [3.63, 3.8) is 0 Å². The number of hydrogen-bond donors (Lipinski definition) is 0. The maximum Gasteiger partial charge on any atom is 0.263 e. The summed E-state index contributed by atoms with van der Waals surface area (Å²) in [5.41, 5.74) is 4.07. The Bertz CT molecular complexity index is 859. The fourth-order valence-corrected chi connectivity index (χ4v) is 3.43. The van der Waals surface area contributed by atoms with Gasteiger partial charge in [0.25, 0.3) is 5.71 Å². The van der Waals surface area contributed by atoms with Crippen LogP contribution in [0.25, 0.3) is 11.1 Å². The van der Waals surface area contributed by atoms with Gasteiger partial charge in [0.15, 0.2) is 0 Å². The normalized spacial score (nSPS) is 15.8.